The first-order valence-electron chi connectivity index (χ1n) is 9.45. The summed E-state index contributed by atoms with van der Waals surface area (Å²) in [5, 5.41) is 20.1. The average Bonchev–Trinajstić information content (AvgIpc) is 2.76. The molecule has 1 atom stereocenters. The van der Waals surface area contributed by atoms with Gasteiger partial charge in [0.25, 0.3) is 0 Å². The number of anilines is 1. The zero-order valence-corrected chi connectivity index (χ0v) is 16.8. The molecule has 0 radical (unpaired) electrons. The van der Waals surface area contributed by atoms with Crippen LogP contribution in [0.15, 0.2) is 67.3 Å². The summed E-state index contributed by atoms with van der Waals surface area (Å²) in [5.74, 6) is -2.85. The summed E-state index contributed by atoms with van der Waals surface area (Å²) in [6, 6.07) is 16.3. The van der Waals surface area contributed by atoms with Crippen molar-refractivity contribution in [2.75, 3.05) is 18.5 Å². The molecule has 3 N–H and O–H groups in total. The Bertz CT molecular complexity index is 940. The standard InChI is InChI=1S/C23H25N3O4/c1-3-9-17(23(29)30)14-20(27)25-15-21(28)26(2)19-13-8-7-12-18(19)22(24)16-10-5-4-6-11-16/h3-8,10-13,17,24H,1,9,14-15H2,2H3,(H,25,27)(H,29,30). The largest absolute Gasteiger partial charge is 0.481 e. The number of carbonyl (C=O) groups is 3. The highest BCUT2D eigenvalue weighted by molar-refractivity contribution is 6.15. The molecule has 2 aromatic rings. The van der Waals surface area contributed by atoms with Crippen molar-refractivity contribution in [1.82, 2.24) is 5.32 Å². The van der Waals surface area contributed by atoms with E-state index < -0.39 is 17.8 Å². The number of allylic oxidation sites excluding steroid dienone is 1. The van der Waals surface area contributed by atoms with Crippen molar-refractivity contribution in [2.45, 2.75) is 12.8 Å². The summed E-state index contributed by atoms with van der Waals surface area (Å²) < 4.78 is 0. The third-order valence-electron chi connectivity index (χ3n) is 4.64. The van der Waals surface area contributed by atoms with Crippen LogP contribution in [0.25, 0.3) is 0 Å². The Hall–Kier alpha value is -3.74. The second kappa shape index (κ2) is 10.7. The summed E-state index contributed by atoms with van der Waals surface area (Å²) in [7, 11) is 1.57. The van der Waals surface area contributed by atoms with Gasteiger partial charge in [-0.3, -0.25) is 19.8 Å². The van der Waals surface area contributed by atoms with Crippen LogP contribution in [0.1, 0.15) is 24.0 Å². The monoisotopic (exact) mass is 407 g/mol. The van der Waals surface area contributed by atoms with Crippen molar-refractivity contribution >= 4 is 29.2 Å². The number of amides is 2. The number of aliphatic carboxylic acids is 1. The van der Waals surface area contributed by atoms with Crippen LogP contribution in [-0.2, 0) is 14.4 Å². The van der Waals surface area contributed by atoms with Gasteiger partial charge in [-0.05, 0) is 12.5 Å². The van der Waals surface area contributed by atoms with E-state index in [4.69, 9.17) is 10.5 Å². The average molecular weight is 407 g/mol. The number of hydrogen-bond acceptors (Lipinski definition) is 4. The van der Waals surface area contributed by atoms with E-state index >= 15 is 0 Å². The van der Waals surface area contributed by atoms with Crippen LogP contribution in [0.5, 0.6) is 0 Å². The van der Waals surface area contributed by atoms with Crippen molar-refractivity contribution in [1.29, 1.82) is 5.41 Å². The van der Waals surface area contributed by atoms with E-state index in [1.165, 1.54) is 11.0 Å². The van der Waals surface area contributed by atoms with Crippen LogP contribution < -0.4 is 10.2 Å². The summed E-state index contributed by atoms with van der Waals surface area (Å²) in [6.07, 6.45) is 1.39. The lowest BCUT2D eigenvalue weighted by molar-refractivity contribution is -0.143. The van der Waals surface area contributed by atoms with Gasteiger partial charge in [0.2, 0.25) is 11.8 Å². The molecule has 0 aliphatic rings. The maximum atomic E-state index is 12.6. The van der Waals surface area contributed by atoms with Gasteiger partial charge < -0.3 is 15.3 Å². The van der Waals surface area contributed by atoms with Gasteiger partial charge in [-0.2, -0.15) is 0 Å². The Labute approximate surface area is 175 Å². The number of nitrogens with one attached hydrogen (secondary N) is 2. The van der Waals surface area contributed by atoms with E-state index in [0.717, 1.165) is 5.56 Å². The minimum absolute atomic E-state index is 0.172. The molecule has 0 spiro atoms. The van der Waals surface area contributed by atoms with E-state index in [1.54, 1.807) is 31.3 Å². The zero-order chi connectivity index (χ0) is 22.1. The normalized spacial score (nSPS) is 11.2. The minimum Gasteiger partial charge on any atom is -0.481 e. The zero-order valence-electron chi connectivity index (χ0n) is 16.8. The molecule has 0 bridgehead atoms. The van der Waals surface area contributed by atoms with Crippen molar-refractivity contribution in [2.24, 2.45) is 5.92 Å². The number of carboxylic acids is 1. The molecule has 2 rings (SSSR count). The number of carbonyl (C=O) groups excluding carboxylic acids is 2. The lowest BCUT2D eigenvalue weighted by Crippen LogP contribution is -2.39. The molecule has 2 aromatic carbocycles. The molecule has 0 aliphatic heterocycles. The number of benzene rings is 2. The van der Waals surface area contributed by atoms with Crippen molar-refractivity contribution < 1.29 is 19.5 Å². The smallest absolute Gasteiger partial charge is 0.307 e. The number of likely N-dealkylation sites (N-methyl/N-ethyl adjacent to an activating group) is 1. The van der Waals surface area contributed by atoms with E-state index in [0.29, 0.717) is 11.3 Å². The number of nitrogens with zero attached hydrogens (tertiary/aromatic N) is 1. The Morgan fingerprint density at radius 2 is 1.77 bits per heavy atom. The van der Waals surface area contributed by atoms with Crippen molar-refractivity contribution in [3.63, 3.8) is 0 Å². The highest BCUT2D eigenvalue weighted by atomic mass is 16.4. The van der Waals surface area contributed by atoms with Crippen molar-refractivity contribution in [3.8, 4) is 0 Å². The number of hydrogen-bond donors (Lipinski definition) is 3. The van der Waals surface area contributed by atoms with Gasteiger partial charge in [-0.1, -0.05) is 54.6 Å². The molecule has 7 nitrogen and oxygen atoms in total. The second-order valence-corrected chi connectivity index (χ2v) is 6.75. The lowest BCUT2D eigenvalue weighted by atomic mass is 10.0. The summed E-state index contributed by atoms with van der Waals surface area (Å²) in [6.45, 7) is 3.22. The summed E-state index contributed by atoms with van der Waals surface area (Å²) in [5.41, 5.74) is 2.13. The molecule has 1 unspecified atom stereocenters. The lowest BCUT2D eigenvalue weighted by Gasteiger charge is -2.21. The van der Waals surface area contributed by atoms with Crippen LogP contribution in [-0.4, -0.2) is 42.2 Å². The Morgan fingerprint density at radius 1 is 1.13 bits per heavy atom. The van der Waals surface area contributed by atoms with Crippen LogP contribution in [0.4, 0.5) is 5.69 Å². The highest BCUT2D eigenvalue weighted by Crippen LogP contribution is 2.22. The fourth-order valence-corrected chi connectivity index (χ4v) is 2.93. The van der Waals surface area contributed by atoms with E-state index in [-0.39, 0.29) is 31.0 Å². The molecule has 2 amide bonds. The molecule has 0 aromatic heterocycles. The number of rotatable bonds is 10. The Kier molecular flexibility index (Phi) is 8.05. The fraction of sp³-hybridized carbons (Fsp3) is 0.217. The predicted octanol–water partition coefficient (Wildman–Crippen LogP) is 2.85. The highest BCUT2D eigenvalue weighted by Gasteiger charge is 2.21. The molecule has 30 heavy (non-hydrogen) atoms. The second-order valence-electron chi connectivity index (χ2n) is 6.75. The fourth-order valence-electron chi connectivity index (χ4n) is 2.93. The van der Waals surface area contributed by atoms with Crippen molar-refractivity contribution in [3.05, 3.63) is 78.4 Å². The van der Waals surface area contributed by atoms with Crippen LogP contribution >= 0.6 is 0 Å². The minimum atomic E-state index is -1.08. The number of carboxylic acid groups (broad SMARTS) is 1. The van der Waals surface area contributed by atoms with E-state index in [1.807, 2.05) is 30.3 Å². The molecule has 0 saturated heterocycles. The molecule has 0 fully saturated rings. The first-order valence-corrected chi connectivity index (χ1v) is 9.45. The quantitative estimate of drug-likeness (QED) is 0.415. The van der Waals surface area contributed by atoms with Gasteiger partial charge in [0.05, 0.1) is 23.9 Å². The van der Waals surface area contributed by atoms with Gasteiger partial charge in [-0.25, -0.2) is 0 Å². The predicted molar refractivity (Wildman–Crippen MR) is 116 cm³/mol. The van der Waals surface area contributed by atoms with Gasteiger partial charge >= 0.3 is 5.97 Å². The summed E-state index contributed by atoms with van der Waals surface area (Å²) >= 11 is 0. The molecular weight excluding hydrogens is 382 g/mol. The first-order chi connectivity index (χ1) is 14.3. The summed E-state index contributed by atoms with van der Waals surface area (Å²) in [4.78, 5) is 37.2. The van der Waals surface area contributed by atoms with Crippen LogP contribution in [0.2, 0.25) is 0 Å². The van der Waals surface area contributed by atoms with E-state index in [9.17, 15) is 14.4 Å². The topological polar surface area (TPSA) is 111 Å². The molecule has 0 aliphatic carbocycles. The van der Waals surface area contributed by atoms with Gasteiger partial charge in [0.1, 0.15) is 0 Å². The van der Waals surface area contributed by atoms with Gasteiger partial charge in [-0.15, -0.1) is 6.58 Å². The number of para-hydroxylation sites is 1. The molecule has 0 saturated carbocycles. The first kappa shape index (κ1) is 22.5. The molecule has 7 heteroatoms. The third kappa shape index (κ3) is 5.88. The van der Waals surface area contributed by atoms with Crippen LogP contribution in [0.3, 0.4) is 0 Å². The van der Waals surface area contributed by atoms with Crippen LogP contribution in [0, 0.1) is 11.3 Å². The molecule has 0 heterocycles. The maximum absolute atomic E-state index is 12.6. The van der Waals surface area contributed by atoms with Gasteiger partial charge in [0, 0.05) is 24.6 Å². The SMILES string of the molecule is C=CCC(CC(=O)NCC(=O)N(C)c1ccccc1C(=N)c1ccccc1)C(=O)O. The maximum Gasteiger partial charge on any atom is 0.307 e. The third-order valence-corrected chi connectivity index (χ3v) is 4.64. The van der Waals surface area contributed by atoms with E-state index in [2.05, 4.69) is 11.9 Å². The molecule has 156 valence electrons. The molecular formula is C23H25N3O4. The Balaban J connectivity index is 2.06. The van der Waals surface area contributed by atoms with Gasteiger partial charge in [0.15, 0.2) is 0 Å². The Morgan fingerprint density at radius 3 is 2.40 bits per heavy atom.